The van der Waals surface area contributed by atoms with Gasteiger partial charge in [-0.1, -0.05) is 60.7 Å². The standard InChI is InChI=1S/C36H28N2O6/c1-21(39)44-25-17-14-23(15-18-25)34(41)32-31(33(40)24-9-7-10-26(20-24)43-2)36(27-11-4-5-12-28(27)37-35(36)42)30-19-16-22-8-3-6-13-29(22)38(30)32/h3-20,30-32H,1-2H3,(H,37,42)/t30-,31-,32+,36-/m1/s1. The number of carbonyl (C=O) groups is 4. The van der Waals surface area contributed by atoms with Crippen molar-refractivity contribution in [2.75, 3.05) is 17.3 Å². The maximum absolute atomic E-state index is 14.9. The fourth-order valence-corrected chi connectivity index (χ4v) is 7.10. The number of nitrogens with one attached hydrogen (secondary N) is 1. The minimum atomic E-state index is -1.42. The van der Waals surface area contributed by atoms with E-state index in [1.807, 2.05) is 65.6 Å². The second-order valence-electron chi connectivity index (χ2n) is 11.1. The Morgan fingerprint density at radius 3 is 2.34 bits per heavy atom. The second-order valence-corrected chi connectivity index (χ2v) is 11.1. The van der Waals surface area contributed by atoms with Gasteiger partial charge < -0.3 is 19.7 Å². The third-order valence-electron chi connectivity index (χ3n) is 8.85. The van der Waals surface area contributed by atoms with E-state index in [1.54, 1.807) is 48.5 Å². The van der Waals surface area contributed by atoms with Gasteiger partial charge in [0.2, 0.25) is 5.91 Å². The van der Waals surface area contributed by atoms with Crippen LogP contribution in [0.5, 0.6) is 11.5 Å². The molecule has 8 nitrogen and oxygen atoms in total. The predicted octanol–water partition coefficient (Wildman–Crippen LogP) is 5.48. The van der Waals surface area contributed by atoms with Crippen molar-refractivity contribution in [2.24, 2.45) is 5.92 Å². The molecule has 4 atom stereocenters. The summed E-state index contributed by atoms with van der Waals surface area (Å²) >= 11 is 0. The monoisotopic (exact) mass is 584 g/mol. The Balaban J connectivity index is 1.48. The summed E-state index contributed by atoms with van der Waals surface area (Å²) in [5, 5.41) is 3.03. The van der Waals surface area contributed by atoms with Crippen molar-refractivity contribution in [3.05, 3.63) is 125 Å². The maximum atomic E-state index is 14.9. The summed E-state index contributed by atoms with van der Waals surface area (Å²) in [4.78, 5) is 57.6. The molecule has 4 aromatic carbocycles. The topological polar surface area (TPSA) is 102 Å². The zero-order chi connectivity index (χ0) is 30.6. The van der Waals surface area contributed by atoms with E-state index >= 15 is 0 Å². The summed E-state index contributed by atoms with van der Waals surface area (Å²) < 4.78 is 10.6. The summed E-state index contributed by atoms with van der Waals surface area (Å²) in [6.45, 7) is 1.30. The average Bonchev–Trinajstić information content (AvgIpc) is 3.52. The van der Waals surface area contributed by atoms with E-state index in [1.165, 1.54) is 14.0 Å². The molecule has 1 fully saturated rings. The number of methoxy groups -OCH3 is 1. The van der Waals surface area contributed by atoms with Crippen LogP contribution in [0.25, 0.3) is 6.08 Å². The highest BCUT2D eigenvalue weighted by Gasteiger charge is 2.70. The molecule has 0 aliphatic carbocycles. The normalized spacial score (nSPS) is 22.5. The van der Waals surface area contributed by atoms with Crippen LogP contribution in [0.1, 0.15) is 38.8 Å². The van der Waals surface area contributed by atoms with Gasteiger partial charge in [-0.3, -0.25) is 19.2 Å². The van der Waals surface area contributed by atoms with Crippen molar-refractivity contribution in [3.63, 3.8) is 0 Å². The van der Waals surface area contributed by atoms with Crippen molar-refractivity contribution in [1.29, 1.82) is 0 Å². The highest BCUT2D eigenvalue weighted by atomic mass is 16.5. The summed E-state index contributed by atoms with van der Waals surface area (Å²) in [6, 6.07) is 26.4. The number of fused-ring (bicyclic) bond motifs is 6. The van der Waals surface area contributed by atoms with E-state index in [4.69, 9.17) is 9.47 Å². The van der Waals surface area contributed by atoms with Gasteiger partial charge in [0.25, 0.3) is 0 Å². The third kappa shape index (κ3) is 3.98. The fourth-order valence-electron chi connectivity index (χ4n) is 7.10. The highest BCUT2D eigenvalue weighted by Crippen LogP contribution is 2.58. The molecule has 0 bridgehead atoms. The molecule has 1 N–H and O–H groups in total. The van der Waals surface area contributed by atoms with E-state index in [9.17, 15) is 19.2 Å². The van der Waals surface area contributed by atoms with E-state index < -0.39 is 29.4 Å². The molecule has 4 aromatic rings. The number of hydrogen-bond acceptors (Lipinski definition) is 7. The first-order valence-corrected chi connectivity index (χ1v) is 14.3. The Morgan fingerprint density at radius 2 is 1.57 bits per heavy atom. The molecule has 3 heterocycles. The number of amides is 1. The lowest BCUT2D eigenvalue weighted by atomic mass is 9.64. The van der Waals surface area contributed by atoms with Gasteiger partial charge >= 0.3 is 5.97 Å². The molecular formula is C36H28N2O6. The molecular weight excluding hydrogens is 556 g/mol. The number of para-hydroxylation sites is 2. The lowest BCUT2D eigenvalue weighted by molar-refractivity contribution is -0.131. The van der Waals surface area contributed by atoms with Gasteiger partial charge in [-0.2, -0.15) is 0 Å². The van der Waals surface area contributed by atoms with Crippen LogP contribution in [0.4, 0.5) is 11.4 Å². The third-order valence-corrected chi connectivity index (χ3v) is 8.85. The van der Waals surface area contributed by atoms with Crippen LogP contribution in [0.2, 0.25) is 0 Å². The van der Waals surface area contributed by atoms with Crippen LogP contribution in [-0.4, -0.2) is 42.6 Å². The predicted molar refractivity (Wildman–Crippen MR) is 165 cm³/mol. The zero-order valence-electron chi connectivity index (χ0n) is 24.0. The minimum Gasteiger partial charge on any atom is -0.497 e. The van der Waals surface area contributed by atoms with Crippen LogP contribution in [0.3, 0.4) is 0 Å². The minimum absolute atomic E-state index is 0.300. The molecule has 1 saturated heterocycles. The van der Waals surface area contributed by atoms with Crippen molar-refractivity contribution < 1.29 is 28.7 Å². The highest BCUT2D eigenvalue weighted by molar-refractivity contribution is 6.18. The first-order chi connectivity index (χ1) is 21.3. The summed E-state index contributed by atoms with van der Waals surface area (Å²) in [6.07, 6.45) is 3.90. The van der Waals surface area contributed by atoms with Gasteiger partial charge in [0, 0.05) is 29.4 Å². The van der Waals surface area contributed by atoms with Gasteiger partial charge in [-0.25, -0.2) is 0 Å². The Hall–Kier alpha value is -5.50. The summed E-state index contributed by atoms with van der Waals surface area (Å²) in [5.74, 6) is -1.80. The quantitative estimate of drug-likeness (QED) is 0.182. The van der Waals surface area contributed by atoms with Gasteiger partial charge in [0.05, 0.1) is 19.1 Å². The summed E-state index contributed by atoms with van der Waals surface area (Å²) in [5.41, 5.74) is 2.17. The summed E-state index contributed by atoms with van der Waals surface area (Å²) in [7, 11) is 1.52. The number of ether oxygens (including phenoxy) is 2. The number of hydrogen-bond donors (Lipinski definition) is 1. The smallest absolute Gasteiger partial charge is 0.308 e. The van der Waals surface area contributed by atoms with Crippen molar-refractivity contribution >= 4 is 40.9 Å². The van der Waals surface area contributed by atoms with E-state index in [2.05, 4.69) is 5.32 Å². The molecule has 0 radical (unpaired) electrons. The second kappa shape index (κ2) is 10.3. The lowest BCUT2D eigenvalue weighted by Crippen LogP contribution is -2.51. The first-order valence-electron chi connectivity index (χ1n) is 14.3. The van der Waals surface area contributed by atoms with Crippen LogP contribution in [0, 0.1) is 5.92 Å². The Bertz CT molecular complexity index is 1880. The Kier molecular flexibility index (Phi) is 6.43. The molecule has 0 unspecified atom stereocenters. The molecule has 3 aliphatic heterocycles. The molecule has 1 spiro atoms. The largest absolute Gasteiger partial charge is 0.497 e. The number of ketones is 2. The SMILES string of the molecule is COc1cccc(C(=O)[C@H]2[C@@H](C(=O)c3ccc(OC(C)=O)cc3)N3c4ccccc4C=C[C@@H]3[C@@]23C(=O)Nc2ccccc23)c1. The number of nitrogens with zero attached hydrogens (tertiary/aromatic N) is 1. The number of carbonyl (C=O) groups excluding carboxylic acids is 4. The molecule has 44 heavy (non-hydrogen) atoms. The van der Waals surface area contributed by atoms with Gasteiger partial charge in [0.1, 0.15) is 23.0 Å². The van der Waals surface area contributed by atoms with Crippen molar-refractivity contribution in [3.8, 4) is 11.5 Å². The maximum Gasteiger partial charge on any atom is 0.308 e. The Morgan fingerprint density at radius 1 is 0.818 bits per heavy atom. The number of rotatable bonds is 6. The molecule has 3 aliphatic rings. The molecule has 0 aromatic heterocycles. The fraction of sp³-hybridized carbons (Fsp3) is 0.167. The Labute approximate surface area is 253 Å². The van der Waals surface area contributed by atoms with Crippen LogP contribution in [0.15, 0.2) is 103 Å². The molecule has 0 saturated carbocycles. The van der Waals surface area contributed by atoms with E-state index in [0.29, 0.717) is 33.9 Å². The lowest BCUT2D eigenvalue weighted by Gasteiger charge is -2.37. The van der Waals surface area contributed by atoms with Gasteiger partial charge in [-0.05, 0) is 59.7 Å². The van der Waals surface area contributed by atoms with E-state index in [-0.39, 0.29) is 17.5 Å². The first kappa shape index (κ1) is 27.3. The molecule has 218 valence electrons. The molecule has 7 rings (SSSR count). The van der Waals surface area contributed by atoms with Gasteiger partial charge in [0.15, 0.2) is 11.6 Å². The van der Waals surface area contributed by atoms with Crippen LogP contribution >= 0.6 is 0 Å². The van der Waals surface area contributed by atoms with Crippen LogP contribution in [-0.2, 0) is 15.0 Å². The average molecular weight is 585 g/mol. The van der Waals surface area contributed by atoms with Crippen LogP contribution < -0.4 is 19.7 Å². The van der Waals surface area contributed by atoms with Crippen molar-refractivity contribution in [2.45, 2.75) is 24.4 Å². The number of benzene rings is 4. The van der Waals surface area contributed by atoms with Gasteiger partial charge in [-0.15, -0.1) is 0 Å². The number of anilines is 2. The van der Waals surface area contributed by atoms with E-state index in [0.717, 1.165) is 11.3 Å². The number of esters is 1. The number of Topliss-reactive ketones (excluding diaryl/α,β-unsaturated/α-hetero) is 2. The van der Waals surface area contributed by atoms with Crippen molar-refractivity contribution in [1.82, 2.24) is 0 Å². The molecule has 1 amide bonds. The zero-order valence-corrected chi connectivity index (χ0v) is 24.0. The molecule has 8 heteroatoms.